The van der Waals surface area contributed by atoms with Crippen molar-refractivity contribution in [3.8, 4) is 114 Å². The van der Waals surface area contributed by atoms with Gasteiger partial charge in [0, 0.05) is 37.8 Å². The molecule has 7 aromatic heterocycles. The van der Waals surface area contributed by atoms with Gasteiger partial charge in [0.15, 0.2) is 39.8 Å². The number of carbonyl (C=O) groups is 2. The molecule has 2 aliphatic heterocycles. The molecule has 0 radical (unpaired) electrons. The molecule has 17 aromatic rings. The van der Waals surface area contributed by atoms with Gasteiger partial charge in [-0.25, -0.2) is 0 Å². The van der Waals surface area contributed by atoms with Crippen LogP contribution >= 0.6 is 0 Å². The van der Waals surface area contributed by atoms with Crippen LogP contribution in [-0.2, 0) is 22.8 Å². The number of aryl methyl sites for hydroxylation is 1. The lowest BCUT2D eigenvalue weighted by Crippen LogP contribution is -2.30. The first-order chi connectivity index (χ1) is 67.5. The number of ketones is 1. The fraction of sp³-hybridized carbons (Fsp3) is 0.232. The lowest BCUT2D eigenvalue weighted by molar-refractivity contribution is -0.275. The Morgan fingerprint density at radius 2 is 0.709 bits per heavy atom. The highest BCUT2D eigenvalue weighted by molar-refractivity contribution is 5.92. The quantitative estimate of drug-likeness (QED) is 0.0480. The van der Waals surface area contributed by atoms with Crippen molar-refractivity contribution in [1.29, 1.82) is 0 Å². The molecule has 0 spiro atoms. The van der Waals surface area contributed by atoms with E-state index in [0.717, 1.165) is 88.9 Å². The smallest absolute Gasteiger partial charge is 0.473 e. The molecule has 141 heavy (non-hydrogen) atoms. The minimum atomic E-state index is -4.73. The second kappa shape index (κ2) is 42.8. The summed E-state index contributed by atoms with van der Waals surface area (Å²) in [5.74, 6) is 0.365. The summed E-state index contributed by atoms with van der Waals surface area (Å²) in [5.41, 5.74) is 12.3. The van der Waals surface area contributed by atoms with Gasteiger partial charge in [0.2, 0.25) is 5.91 Å². The standard InChI is InChI=1S/C20H14F3N3O3.C20H17F3N2O4.C20H19F3N2O3.C20H13F3N2O3.C19H14F3NO4/c1-12-9-25-15(10-24-12)11-27-19-17-8-14(4-7-18(17)29-26-19)13-2-5-16(6-3-13)28-20(21,22)23;21-20(22,23)28-15-6-3-13(4-7-15)14-5-8-17-16(12-14)19(24-29-17)27-11-10-25-9-1-2-18(25)26;1-25-10-2-3-15(25)12-26-19-17-11-14(6-9-18(17)28-24-19)13-4-7-16(8-5-13)27-20(21,22)23;21-20(22,23)27-16-7-4-13(5-8-16)14-6-9-18-17(11-14)19(25-28-18)26-12-15-3-1-2-10-24-15;20-19(21,22)26-13-7-4-11(5-8-13)12-6-9-16-14(10-12)18(23-27-16)25-17-3-1-2-15(17)24/h2-10H,11H2,1H3;3-8,12H,1-2,9-11H2;4-9,11,15H,2-3,10,12H2,1H3;1-11H,12H2;4-10,17H,1-3H2/t;;15-;;17-/m..0.1/s1. The number of halogens is 15. The van der Waals surface area contributed by atoms with Gasteiger partial charge in [0.1, 0.15) is 55.2 Å². The van der Waals surface area contributed by atoms with Crippen LogP contribution in [0.2, 0.25) is 0 Å². The lowest BCUT2D eigenvalue weighted by Gasteiger charge is -2.18. The van der Waals surface area contributed by atoms with Gasteiger partial charge in [0.05, 0.1) is 56.8 Å². The molecule has 10 aromatic carbocycles. The van der Waals surface area contributed by atoms with Gasteiger partial charge in [0.25, 0.3) is 29.4 Å². The number of fused-ring (bicyclic) bond motifs is 5. The first-order valence-electron chi connectivity index (χ1n) is 43.2. The maximum Gasteiger partial charge on any atom is 0.573 e. The Labute approximate surface area is 788 Å². The number of benzene rings is 10. The van der Waals surface area contributed by atoms with Crippen LogP contribution in [0.15, 0.2) is 272 Å². The number of hydrogen-bond acceptors (Lipinski definition) is 26. The third-order valence-corrected chi connectivity index (χ3v) is 21.9. The first kappa shape index (κ1) is 97.9. The molecule has 9 heterocycles. The number of aromatic nitrogens is 8. The van der Waals surface area contributed by atoms with Gasteiger partial charge >= 0.3 is 31.8 Å². The molecule has 3 aliphatic rings. The molecular formula is C99H77F15N10O17. The topological polar surface area (TPSA) is 302 Å². The van der Waals surface area contributed by atoms with E-state index < -0.39 is 37.9 Å². The minimum absolute atomic E-state index is 0.0440. The van der Waals surface area contributed by atoms with Crippen molar-refractivity contribution in [1.82, 2.24) is 50.5 Å². The van der Waals surface area contributed by atoms with Gasteiger partial charge in [-0.3, -0.25) is 24.5 Å². The van der Waals surface area contributed by atoms with Crippen LogP contribution in [0.4, 0.5) is 65.9 Å². The second-order valence-electron chi connectivity index (χ2n) is 31.8. The van der Waals surface area contributed by atoms with Gasteiger partial charge in [-0.05, 0) is 267 Å². The fourth-order valence-corrected chi connectivity index (χ4v) is 15.1. The van der Waals surface area contributed by atoms with E-state index in [2.05, 4.69) is 76.4 Å². The van der Waals surface area contributed by atoms with E-state index >= 15 is 0 Å². The van der Waals surface area contributed by atoms with Crippen LogP contribution in [-0.4, -0.2) is 146 Å². The molecule has 0 bridgehead atoms. The number of nitrogens with zero attached hydrogens (tertiary/aromatic N) is 10. The average molecular weight is 1960 g/mol. The number of hydrogen-bond donors (Lipinski definition) is 0. The number of likely N-dealkylation sites (N-methyl/N-ethyl adjacent to an activating group) is 1. The SMILES string of the molecule is CN1CCC[C@H]1COc1noc2ccc(-c3ccc(OC(F)(F)F)cc3)cc12.Cc1cnc(COc2noc3ccc(-c4ccc(OC(F)(F)F)cc4)cc23)cn1.FC(F)(F)Oc1ccc(-c2ccc3onc(OCc4ccccn4)c3c2)cc1.O=C1CCCN1CCOc1noc2ccc(-c3ccc(OC(F)(F)F)cc3)cc12.O=C1CCC[C@H]1Oc1noc2ccc(-c3ccc(OC(F)(F)F)cc3)cc12. The summed E-state index contributed by atoms with van der Waals surface area (Å²) in [5, 5.41) is 22.9. The highest BCUT2D eigenvalue weighted by Crippen LogP contribution is 2.41. The molecule has 1 amide bonds. The summed E-state index contributed by atoms with van der Waals surface area (Å²) in [7, 11) is 2.08. The summed E-state index contributed by atoms with van der Waals surface area (Å²) >= 11 is 0. The first-order valence-corrected chi connectivity index (χ1v) is 43.2. The van der Waals surface area contributed by atoms with Crippen molar-refractivity contribution < 1.29 is 145 Å². The summed E-state index contributed by atoms with van der Waals surface area (Å²) < 4.78 is 259. The van der Waals surface area contributed by atoms with Crippen LogP contribution in [0, 0.1) is 6.92 Å². The van der Waals surface area contributed by atoms with Crippen molar-refractivity contribution in [3.05, 3.63) is 266 Å². The summed E-state index contributed by atoms with van der Waals surface area (Å²) in [6.07, 6.45) is -13.6. The summed E-state index contributed by atoms with van der Waals surface area (Å²) in [4.78, 5) is 40.0. The highest BCUT2D eigenvalue weighted by atomic mass is 19.4. The summed E-state index contributed by atoms with van der Waals surface area (Å²) in [6.45, 7) is 5.34. The Kier molecular flexibility index (Phi) is 29.7. The molecule has 1 aliphatic carbocycles. The second-order valence-corrected chi connectivity index (χ2v) is 31.8. The molecule has 730 valence electrons. The number of likely N-dealkylation sites (tertiary alicyclic amines) is 2. The number of Topliss-reactive ketones (excluding diaryl/α,β-unsaturated/α-hetero) is 1. The zero-order valence-electron chi connectivity index (χ0n) is 73.8. The maximum atomic E-state index is 12.3. The Morgan fingerprint density at radius 1 is 0.355 bits per heavy atom. The number of alkyl halides is 15. The van der Waals surface area contributed by atoms with E-state index in [1.54, 1.807) is 127 Å². The molecule has 27 nitrogen and oxygen atoms in total. The fourth-order valence-electron chi connectivity index (χ4n) is 15.1. The normalized spacial score (nSPS) is 14.6. The number of carbonyl (C=O) groups excluding carboxylic acids is 2. The van der Waals surface area contributed by atoms with Crippen LogP contribution in [0.3, 0.4) is 0 Å². The number of pyridine rings is 1. The van der Waals surface area contributed by atoms with E-state index in [4.69, 9.17) is 46.3 Å². The maximum absolute atomic E-state index is 12.3. The van der Waals surface area contributed by atoms with Gasteiger partial charge in [-0.1, -0.05) is 97.1 Å². The van der Waals surface area contributed by atoms with Crippen LogP contribution < -0.4 is 47.4 Å². The predicted octanol–water partition coefficient (Wildman–Crippen LogP) is 24.6. The molecule has 3 fully saturated rings. The van der Waals surface area contributed by atoms with Crippen molar-refractivity contribution in [2.75, 3.05) is 39.9 Å². The van der Waals surface area contributed by atoms with Crippen LogP contribution in [0.1, 0.15) is 62.0 Å². The predicted molar refractivity (Wildman–Crippen MR) is 476 cm³/mol. The van der Waals surface area contributed by atoms with Crippen molar-refractivity contribution >= 4 is 66.5 Å². The Balaban J connectivity index is 0.000000127. The average Bonchev–Trinajstić information content (AvgIpc) is 1.68. The molecule has 0 N–H and O–H groups in total. The van der Waals surface area contributed by atoms with Gasteiger partial charge in [-0.2, -0.15) is 0 Å². The number of rotatable bonds is 25. The zero-order valence-corrected chi connectivity index (χ0v) is 73.8. The monoisotopic (exact) mass is 1960 g/mol. The molecule has 0 unspecified atom stereocenters. The molecule has 2 atom stereocenters. The summed E-state index contributed by atoms with van der Waals surface area (Å²) in [6, 6.07) is 60.5. The van der Waals surface area contributed by atoms with Crippen molar-refractivity contribution in [3.63, 3.8) is 0 Å². The number of ether oxygens (including phenoxy) is 10. The van der Waals surface area contributed by atoms with E-state index in [1.807, 2.05) is 37.3 Å². The van der Waals surface area contributed by atoms with Crippen molar-refractivity contribution in [2.24, 2.45) is 0 Å². The van der Waals surface area contributed by atoms with Gasteiger partial charge < -0.3 is 79.8 Å². The third-order valence-electron chi connectivity index (χ3n) is 21.9. The van der Waals surface area contributed by atoms with E-state index in [-0.39, 0.29) is 59.5 Å². The molecule has 1 saturated carbocycles. The molecular weight excluding hydrogens is 1890 g/mol. The Bertz CT molecular complexity index is 7110. The van der Waals surface area contributed by atoms with E-state index in [9.17, 15) is 75.4 Å². The molecule has 2 saturated heterocycles. The highest BCUT2D eigenvalue weighted by Gasteiger charge is 2.36. The van der Waals surface area contributed by atoms with E-state index in [1.165, 1.54) is 97.1 Å². The lowest BCUT2D eigenvalue weighted by atomic mass is 10.0. The number of amides is 1. The zero-order chi connectivity index (χ0) is 99.2. The third kappa shape index (κ3) is 26.8. The van der Waals surface area contributed by atoms with Crippen molar-refractivity contribution in [2.45, 2.75) is 109 Å². The Hall–Kier alpha value is -16.2. The molecule has 20 rings (SSSR count). The van der Waals surface area contributed by atoms with Crippen LogP contribution in [0.5, 0.6) is 58.1 Å². The Morgan fingerprint density at radius 3 is 1.03 bits per heavy atom. The van der Waals surface area contributed by atoms with Crippen LogP contribution in [0.25, 0.3) is 110 Å². The minimum Gasteiger partial charge on any atom is -0.473 e. The largest absolute Gasteiger partial charge is 0.573 e. The molecule has 42 heteroatoms. The van der Waals surface area contributed by atoms with Gasteiger partial charge in [-0.15, -0.1) is 65.9 Å². The van der Waals surface area contributed by atoms with E-state index in [0.29, 0.717) is 146 Å².